The molecule has 0 bridgehead atoms. The zero-order valence-corrected chi connectivity index (χ0v) is 23.1. The summed E-state index contributed by atoms with van der Waals surface area (Å²) in [6.45, 7) is 11.1. The minimum Gasteiger partial charge on any atom is -0.493 e. The molecule has 0 unspecified atom stereocenters. The molecule has 0 radical (unpaired) electrons. The Balaban J connectivity index is 1.77. The van der Waals surface area contributed by atoms with Crippen LogP contribution in [0.3, 0.4) is 0 Å². The number of pyridine rings is 1. The van der Waals surface area contributed by atoms with Crippen LogP contribution in [0.15, 0.2) is 51.2 Å². The maximum atomic E-state index is 13.3. The molecule has 0 spiro atoms. The summed E-state index contributed by atoms with van der Waals surface area (Å²) in [5, 5.41) is 0.340. The number of esters is 1. The highest BCUT2D eigenvalue weighted by Gasteiger charge is 2.33. The van der Waals surface area contributed by atoms with Crippen molar-refractivity contribution in [1.82, 2.24) is 9.47 Å². The number of Topliss-reactive ketones (excluding diaryl/α,β-unsaturated/α-hetero) is 1. The van der Waals surface area contributed by atoms with Gasteiger partial charge in [-0.05, 0) is 58.2 Å². The maximum absolute atomic E-state index is 13.3. The van der Waals surface area contributed by atoms with Crippen molar-refractivity contribution in [3.8, 4) is 5.75 Å². The molecule has 2 heterocycles. The van der Waals surface area contributed by atoms with E-state index in [-0.39, 0.29) is 37.1 Å². The summed E-state index contributed by atoms with van der Waals surface area (Å²) in [6, 6.07) is 3.49. The number of carbonyl (C=O) groups is 3. The summed E-state index contributed by atoms with van der Waals surface area (Å²) in [4.78, 5) is 54.0. The number of hydrogen-bond acceptors (Lipinski definition) is 8. The molecular weight excluding hydrogens is 508 g/mol. The second-order valence-electron chi connectivity index (χ2n) is 10.1. The summed E-state index contributed by atoms with van der Waals surface area (Å²) in [5.74, 6) is -0.471. The van der Waals surface area contributed by atoms with Crippen LogP contribution in [0.2, 0.25) is 0 Å². The summed E-state index contributed by atoms with van der Waals surface area (Å²) in [6.07, 6.45) is 4.37. The molecule has 1 aliphatic heterocycles. The van der Waals surface area contributed by atoms with E-state index < -0.39 is 23.1 Å². The first kappa shape index (κ1) is 27.5. The summed E-state index contributed by atoms with van der Waals surface area (Å²) in [7, 11) is 1.51. The summed E-state index contributed by atoms with van der Waals surface area (Å²) < 4.78 is 18.2. The third-order valence-electron chi connectivity index (χ3n) is 6.10. The average molecular weight is 541 g/mol. The Bertz CT molecular complexity index is 1410. The van der Waals surface area contributed by atoms with Gasteiger partial charge in [-0.1, -0.05) is 24.4 Å². The summed E-state index contributed by atoms with van der Waals surface area (Å²) in [5.41, 5.74) is 0.0258. The average Bonchev–Trinajstić information content (AvgIpc) is 3.69. The standard InChI is InChI=1S/C28H32N2O7S/c1-7-16-13-29(27(34)37-28(3,4)5)15-20(31)25(16)38-21-12-11-18-22(24(21)35-6)30(17-9-10-17)14-19(23(18)32)26(33)36-8-2/h7,11-12,14,17H,1,8-10,13,15H2,2-6H3. The molecule has 0 atom stereocenters. The van der Waals surface area contributed by atoms with Gasteiger partial charge in [0.05, 0.1) is 47.5 Å². The molecule has 2 aromatic rings. The molecular formula is C28H32N2O7S. The molecule has 9 nitrogen and oxygen atoms in total. The third kappa shape index (κ3) is 5.50. The quantitative estimate of drug-likeness (QED) is 0.458. The maximum Gasteiger partial charge on any atom is 0.411 e. The minimum absolute atomic E-state index is 0.0185. The number of thioether (sulfide) groups is 1. The summed E-state index contributed by atoms with van der Waals surface area (Å²) >= 11 is 1.21. The lowest BCUT2D eigenvalue weighted by molar-refractivity contribution is -0.116. The molecule has 1 aromatic heterocycles. The first-order valence-corrected chi connectivity index (χ1v) is 13.3. The molecule has 1 aliphatic carbocycles. The van der Waals surface area contributed by atoms with Crippen LogP contribution < -0.4 is 10.2 Å². The van der Waals surface area contributed by atoms with Gasteiger partial charge < -0.3 is 18.8 Å². The Morgan fingerprint density at radius 1 is 1.18 bits per heavy atom. The molecule has 202 valence electrons. The van der Waals surface area contributed by atoms with Crippen molar-refractivity contribution in [3.05, 3.63) is 57.2 Å². The van der Waals surface area contributed by atoms with Gasteiger partial charge in [0, 0.05) is 12.2 Å². The van der Waals surface area contributed by atoms with Crippen molar-refractivity contribution in [3.63, 3.8) is 0 Å². The Morgan fingerprint density at radius 2 is 1.89 bits per heavy atom. The van der Waals surface area contributed by atoms with E-state index >= 15 is 0 Å². The number of carbonyl (C=O) groups excluding carboxylic acids is 3. The highest BCUT2D eigenvalue weighted by atomic mass is 32.2. The number of benzene rings is 1. The highest BCUT2D eigenvalue weighted by molar-refractivity contribution is 8.04. The highest BCUT2D eigenvalue weighted by Crippen LogP contribution is 2.44. The van der Waals surface area contributed by atoms with Gasteiger partial charge in [-0.15, -0.1) is 0 Å². The van der Waals surface area contributed by atoms with Crippen molar-refractivity contribution < 1.29 is 28.6 Å². The number of methoxy groups -OCH3 is 1. The Hall–Kier alpha value is -3.53. The van der Waals surface area contributed by atoms with Crippen LogP contribution in [0.5, 0.6) is 5.75 Å². The predicted molar refractivity (Wildman–Crippen MR) is 145 cm³/mol. The van der Waals surface area contributed by atoms with Gasteiger partial charge in [-0.2, -0.15) is 0 Å². The normalized spacial score (nSPS) is 16.0. The van der Waals surface area contributed by atoms with E-state index in [1.54, 1.807) is 52.1 Å². The fourth-order valence-electron chi connectivity index (χ4n) is 4.27. The largest absolute Gasteiger partial charge is 0.493 e. The number of nitrogens with zero attached hydrogens (tertiary/aromatic N) is 2. The fraction of sp³-hybridized carbons (Fsp3) is 0.429. The second kappa shape index (κ2) is 10.7. The van der Waals surface area contributed by atoms with Crippen LogP contribution in [-0.4, -0.2) is 59.7 Å². The molecule has 0 N–H and O–H groups in total. The van der Waals surface area contributed by atoms with Gasteiger partial charge in [-0.3, -0.25) is 14.5 Å². The van der Waals surface area contributed by atoms with Crippen LogP contribution in [0.4, 0.5) is 4.79 Å². The van der Waals surface area contributed by atoms with E-state index in [9.17, 15) is 19.2 Å². The first-order valence-electron chi connectivity index (χ1n) is 12.5. The molecule has 1 saturated carbocycles. The van der Waals surface area contributed by atoms with Gasteiger partial charge in [0.15, 0.2) is 11.5 Å². The molecule has 4 rings (SSSR count). The molecule has 0 saturated heterocycles. The van der Waals surface area contributed by atoms with Crippen molar-refractivity contribution in [2.75, 3.05) is 26.8 Å². The zero-order chi connectivity index (χ0) is 27.8. The predicted octanol–water partition coefficient (Wildman–Crippen LogP) is 4.87. The van der Waals surface area contributed by atoms with E-state index in [4.69, 9.17) is 14.2 Å². The van der Waals surface area contributed by atoms with E-state index in [2.05, 4.69) is 6.58 Å². The molecule has 1 amide bonds. The monoisotopic (exact) mass is 540 g/mol. The van der Waals surface area contributed by atoms with Crippen LogP contribution in [0.1, 0.15) is 56.9 Å². The van der Waals surface area contributed by atoms with E-state index in [0.717, 1.165) is 12.8 Å². The number of fused-ring (bicyclic) bond motifs is 1. The van der Waals surface area contributed by atoms with Gasteiger partial charge in [0.25, 0.3) is 0 Å². The SMILES string of the molecule is C=CC1=C(Sc2ccc3c(=O)c(C(=O)OCC)cn(C4CC4)c3c2OC)C(=O)CN(C(=O)OC(C)(C)C)C1. The van der Waals surface area contributed by atoms with Gasteiger partial charge in [0.2, 0.25) is 5.43 Å². The van der Waals surface area contributed by atoms with Crippen LogP contribution in [0, 0.1) is 0 Å². The van der Waals surface area contributed by atoms with Crippen LogP contribution in [-0.2, 0) is 14.3 Å². The van der Waals surface area contributed by atoms with Crippen molar-refractivity contribution in [2.45, 2.75) is 57.1 Å². The Kier molecular flexibility index (Phi) is 7.73. The van der Waals surface area contributed by atoms with E-state index in [1.165, 1.54) is 23.8 Å². The lowest BCUT2D eigenvalue weighted by Crippen LogP contribution is -2.43. The van der Waals surface area contributed by atoms with Gasteiger partial charge in [0.1, 0.15) is 11.2 Å². The smallest absolute Gasteiger partial charge is 0.411 e. The second-order valence-corrected chi connectivity index (χ2v) is 11.2. The number of rotatable bonds is 7. The Labute approximate surface area is 225 Å². The van der Waals surface area contributed by atoms with Gasteiger partial charge in [-0.25, -0.2) is 9.59 Å². The van der Waals surface area contributed by atoms with Crippen LogP contribution in [0.25, 0.3) is 10.9 Å². The van der Waals surface area contributed by atoms with E-state index in [0.29, 0.717) is 32.0 Å². The number of ether oxygens (including phenoxy) is 3. The first-order chi connectivity index (χ1) is 18.0. The topological polar surface area (TPSA) is 104 Å². The lowest BCUT2D eigenvalue weighted by Gasteiger charge is -2.31. The molecule has 2 aliphatic rings. The number of hydrogen-bond donors (Lipinski definition) is 0. The molecule has 10 heteroatoms. The van der Waals surface area contributed by atoms with Crippen molar-refractivity contribution >= 4 is 40.5 Å². The Morgan fingerprint density at radius 3 is 2.47 bits per heavy atom. The number of ketones is 1. The zero-order valence-electron chi connectivity index (χ0n) is 22.3. The van der Waals surface area contributed by atoms with Crippen molar-refractivity contribution in [2.24, 2.45) is 0 Å². The molecule has 1 fully saturated rings. The molecule has 38 heavy (non-hydrogen) atoms. The van der Waals surface area contributed by atoms with E-state index in [1.807, 2.05) is 4.57 Å². The van der Waals surface area contributed by atoms with Crippen molar-refractivity contribution in [1.29, 1.82) is 0 Å². The number of aromatic nitrogens is 1. The van der Waals surface area contributed by atoms with Crippen LogP contribution >= 0.6 is 11.8 Å². The lowest BCUT2D eigenvalue weighted by atomic mass is 10.1. The fourth-order valence-corrected chi connectivity index (χ4v) is 5.36. The van der Waals surface area contributed by atoms with Gasteiger partial charge >= 0.3 is 12.1 Å². The minimum atomic E-state index is -0.684. The number of amides is 1. The third-order valence-corrected chi connectivity index (χ3v) is 7.34. The molecule has 1 aromatic carbocycles.